The molecule has 70 valence electrons. The number of allylic oxidation sites excluding steroid dienone is 1. The number of aliphatic imine (C=N–C) groups is 1. The lowest BCUT2D eigenvalue weighted by Crippen LogP contribution is -2.19. The summed E-state index contributed by atoms with van der Waals surface area (Å²) in [5.41, 5.74) is 7.64. The molecule has 0 aromatic carbocycles. The van der Waals surface area contributed by atoms with Gasteiger partial charge in [-0.3, -0.25) is 0 Å². The summed E-state index contributed by atoms with van der Waals surface area (Å²) in [5.74, 6) is 1.20. The van der Waals surface area contributed by atoms with Crippen molar-refractivity contribution in [3.8, 4) is 6.07 Å². The molecule has 4 heteroatoms. The van der Waals surface area contributed by atoms with E-state index in [-0.39, 0.29) is 5.92 Å². The first-order valence-electron chi connectivity index (χ1n) is 4.13. The van der Waals surface area contributed by atoms with Gasteiger partial charge in [-0.2, -0.15) is 17.0 Å². The van der Waals surface area contributed by atoms with Crippen molar-refractivity contribution >= 4 is 17.6 Å². The normalized spacial score (nSPS) is 21.6. The van der Waals surface area contributed by atoms with Crippen LogP contribution in [0.1, 0.15) is 13.3 Å². The Hall–Kier alpha value is -0.950. The van der Waals surface area contributed by atoms with Crippen LogP contribution in [-0.4, -0.2) is 17.8 Å². The van der Waals surface area contributed by atoms with E-state index in [1.54, 1.807) is 11.8 Å². The first kappa shape index (κ1) is 10.1. The smallest absolute Gasteiger partial charge is 0.126 e. The molecular formula is C9H13N3S. The van der Waals surface area contributed by atoms with E-state index < -0.39 is 0 Å². The fraction of sp³-hybridized carbons (Fsp3) is 0.556. The molecule has 0 unspecified atom stereocenters. The van der Waals surface area contributed by atoms with Crippen molar-refractivity contribution < 1.29 is 0 Å². The Bertz CT molecular complexity index is 298. The Morgan fingerprint density at radius 2 is 2.38 bits per heavy atom. The number of hydrogen-bond acceptors (Lipinski definition) is 4. The zero-order valence-corrected chi connectivity index (χ0v) is 8.69. The van der Waals surface area contributed by atoms with Gasteiger partial charge in [0.05, 0.1) is 6.07 Å². The van der Waals surface area contributed by atoms with Gasteiger partial charge in [0.1, 0.15) is 11.8 Å². The largest absolute Gasteiger partial charge is 0.386 e. The van der Waals surface area contributed by atoms with Crippen LogP contribution in [0.25, 0.3) is 0 Å². The molecule has 0 spiro atoms. The fourth-order valence-corrected chi connectivity index (χ4v) is 1.71. The lowest BCUT2D eigenvalue weighted by molar-refractivity contribution is 0.998. The SMILES string of the molecule is CSCCC1=C(C)[C@@H](C#N)C(N)=N1. The van der Waals surface area contributed by atoms with E-state index in [4.69, 9.17) is 11.0 Å². The van der Waals surface area contributed by atoms with Crippen molar-refractivity contribution in [3.05, 3.63) is 11.3 Å². The predicted molar refractivity (Wildman–Crippen MR) is 56.4 cm³/mol. The van der Waals surface area contributed by atoms with Gasteiger partial charge < -0.3 is 5.73 Å². The van der Waals surface area contributed by atoms with Gasteiger partial charge in [-0.15, -0.1) is 0 Å². The minimum Gasteiger partial charge on any atom is -0.386 e. The summed E-state index contributed by atoms with van der Waals surface area (Å²) in [5, 5.41) is 8.80. The minimum atomic E-state index is -0.281. The molecule has 1 aliphatic rings. The molecule has 1 atom stereocenters. The highest BCUT2D eigenvalue weighted by Gasteiger charge is 2.23. The minimum absolute atomic E-state index is 0.281. The third-order valence-corrected chi connectivity index (χ3v) is 2.73. The highest BCUT2D eigenvalue weighted by atomic mass is 32.2. The van der Waals surface area contributed by atoms with Crippen LogP contribution in [0, 0.1) is 17.2 Å². The van der Waals surface area contributed by atoms with Crippen molar-refractivity contribution in [1.82, 2.24) is 0 Å². The first-order valence-corrected chi connectivity index (χ1v) is 5.52. The number of nitrogens with zero attached hydrogens (tertiary/aromatic N) is 2. The van der Waals surface area contributed by atoms with Gasteiger partial charge in [0.2, 0.25) is 0 Å². The number of nitrogens with two attached hydrogens (primary N) is 1. The molecule has 0 saturated heterocycles. The van der Waals surface area contributed by atoms with Crippen molar-refractivity contribution in [2.24, 2.45) is 16.6 Å². The van der Waals surface area contributed by atoms with Gasteiger partial charge in [0.15, 0.2) is 0 Å². The van der Waals surface area contributed by atoms with Crippen LogP contribution in [0.5, 0.6) is 0 Å². The van der Waals surface area contributed by atoms with Crippen molar-refractivity contribution in [3.63, 3.8) is 0 Å². The average molecular weight is 195 g/mol. The second kappa shape index (κ2) is 4.33. The van der Waals surface area contributed by atoms with E-state index in [9.17, 15) is 0 Å². The van der Waals surface area contributed by atoms with E-state index >= 15 is 0 Å². The number of rotatable bonds is 3. The molecule has 1 rings (SSSR count). The maximum atomic E-state index is 8.80. The molecule has 0 aromatic heterocycles. The zero-order valence-electron chi connectivity index (χ0n) is 7.87. The summed E-state index contributed by atoms with van der Waals surface area (Å²) in [4.78, 5) is 4.20. The summed E-state index contributed by atoms with van der Waals surface area (Å²) in [6.45, 7) is 1.94. The Kier molecular flexibility index (Phi) is 3.38. The number of amidine groups is 1. The van der Waals surface area contributed by atoms with Crippen LogP contribution in [0.4, 0.5) is 0 Å². The number of hydrogen-bond donors (Lipinski definition) is 1. The molecule has 0 bridgehead atoms. The molecule has 2 N–H and O–H groups in total. The Balaban J connectivity index is 2.74. The van der Waals surface area contributed by atoms with Gasteiger partial charge in [-0.05, 0) is 30.9 Å². The van der Waals surface area contributed by atoms with Crippen molar-refractivity contribution in [2.75, 3.05) is 12.0 Å². The van der Waals surface area contributed by atoms with Crippen molar-refractivity contribution in [1.29, 1.82) is 5.26 Å². The summed E-state index contributed by atoms with van der Waals surface area (Å²) < 4.78 is 0. The maximum absolute atomic E-state index is 8.80. The molecule has 0 radical (unpaired) electrons. The molecule has 0 saturated carbocycles. The molecule has 13 heavy (non-hydrogen) atoms. The molecule has 1 heterocycles. The average Bonchev–Trinajstić information content (AvgIpc) is 2.38. The van der Waals surface area contributed by atoms with E-state index in [2.05, 4.69) is 17.3 Å². The van der Waals surface area contributed by atoms with Crippen LogP contribution in [0.15, 0.2) is 16.3 Å². The second-order valence-corrected chi connectivity index (χ2v) is 3.96. The molecular weight excluding hydrogens is 182 g/mol. The summed E-state index contributed by atoms with van der Waals surface area (Å²) in [6.07, 6.45) is 2.96. The summed E-state index contributed by atoms with van der Waals surface area (Å²) in [6, 6.07) is 2.15. The third-order valence-electron chi connectivity index (χ3n) is 2.12. The monoisotopic (exact) mass is 195 g/mol. The van der Waals surface area contributed by atoms with E-state index in [0.29, 0.717) is 5.84 Å². The molecule has 0 amide bonds. The second-order valence-electron chi connectivity index (χ2n) is 2.97. The maximum Gasteiger partial charge on any atom is 0.126 e. The van der Waals surface area contributed by atoms with Crippen LogP contribution in [0.3, 0.4) is 0 Å². The lowest BCUT2D eigenvalue weighted by Gasteiger charge is -2.01. The van der Waals surface area contributed by atoms with Crippen LogP contribution >= 0.6 is 11.8 Å². The topological polar surface area (TPSA) is 62.2 Å². The summed E-state index contributed by atoms with van der Waals surface area (Å²) in [7, 11) is 0. The van der Waals surface area contributed by atoms with Crippen LogP contribution in [0.2, 0.25) is 0 Å². The standard InChI is InChI=1S/C9H13N3S/c1-6-7(5-10)9(11)12-8(6)3-4-13-2/h7H,3-4H2,1-2H3,(H2,11,12)/t7-/m1/s1. The molecule has 1 aliphatic heterocycles. The Morgan fingerprint density at radius 1 is 1.69 bits per heavy atom. The highest BCUT2D eigenvalue weighted by Crippen LogP contribution is 2.26. The molecule has 0 aromatic rings. The summed E-state index contributed by atoms with van der Waals surface area (Å²) >= 11 is 1.77. The zero-order chi connectivity index (χ0) is 9.84. The van der Waals surface area contributed by atoms with Crippen molar-refractivity contribution in [2.45, 2.75) is 13.3 Å². The van der Waals surface area contributed by atoms with E-state index in [0.717, 1.165) is 23.4 Å². The first-order chi connectivity index (χ1) is 6.20. The Labute approximate surface area is 82.7 Å². The van der Waals surface area contributed by atoms with Gasteiger partial charge in [-0.1, -0.05) is 0 Å². The quantitative estimate of drug-likeness (QED) is 0.742. The third kappa shape index (κ3) is 2.04. The van der Waals surface area contributed by atoms with Gasteiger partial charge >= 0.3 is 0 Å². The van der Waals surface area contributed by atoms with E-state index in [1.807, 2.05) is 6.92 Å². The molecule has 0 aliphatic carbocycles. The van der Waals surface area contributed by atoms with Crippen LogP contribution in [-0.2, 0) is 0 Å². The lowest BCUT2D eigenvalue weighted by atomic mass is 10.0. The van der Waals surface area contributed by atoms with Crippen LogP contribution < -0.4 is 5.73 Å². The van der Waals surface area contributed by atoms with Gasteiger partial charge in [-0.25, -0.2) is 4.99 Å². The Morgan fingerprint density at radius 3 is 2.85 bits per heavy atom. The number of thioether (sulfide) groups is 1. The fourth-order valence-electron chi connectivity index (χ4n) is 1.31. The van der Waals surface area contributed by atoms with Gasteiger partial charge in [0.25, 0.3) is 0 Å². The predicted octanol–water partition coefficient (Wildman–Crippen LogP) is 1.52. The molecule has 0 fully saturated rings. The van der Waals surface area contributed by atoms with Gasteiger partial charge in [0, 0.05) is 5.70 Å². The molecule has 3 nitrogen and oxygen atoms in total. The number of nitriles is 1. The highest BCUT2D eigenvalue weighted by molar-refractivity contribution is 7.98. The van der Waals surface area contributed by atoms with E-state index in [1.165, 1.54) is 0 Å².